The second-order valence-electron chi connectivity index (χ2n) is 7.29. The topological polar surface area (TPSA) is 23.6 Å². The van der Waals surface area contributed by atoms with Crippen molar-refractivity contribution < 1.29 is 4.79 Å². The highest BCUT2D eigenvalue weighted by Gasteiger charge is 2.48. The van der Waals surface area contributed by atoms with Crippen LogP contribution in [0.25, 0.3) is 0 Å². The maximum absolute atomic E-state index is 12.8. The second-order valence-corrected chi connectivity index (χ2v) is 8.24. The molecule has 1 aliphatic carbocycles. The van der Waals surface area contributed by atoms with E-state index >= 15 is 0 Å². The second kappa shape index (κ2) is 6.01. The summed E-state index contributed by atoms with van der Waals surface area (Å²) in [5.74, 6) is 1.16. The molecule has 2 aliphatic rings. The van der Waals surface area contributed by atoms with Crippen molar-refractivity contribution in [2.75, 3.05) is 20.1 Å². The third-order valence-electron chi connectivity index (χ3n) is 5.76. The van der Waals surface area contributed by atoms with Crippen LogP contribution < -0.4 is 0 Å². The first-order valence-corrected chi connectivity index (χ1v) is 9.59. The first-order valence-electron chi connectivity index (χ1n) is 8.71. The van der Waals surface area contributed by atoms with E-state index in [9.17, 15) is 4.79 Å². The molecule has 3 atom stereocenters. The monoisotopic (exact) mass is 340 g/mol. The number of rotatable bonds is 3. The van der Waals surface area contributed by atoms with Crippen LogP contribution in [0.2, 0.25) is 0 Å². The predicted octanol–water partition coefficient (Wildman–Crippen LogP) is 4.00. The lowest BCUT2D eigenvalue weighted by atomic mass is 9.93. The Labute approximate surface area is 147 Å². The molecule has 4 rings (SSSR count). The van der Waals surface area contributed by atoms with Gasteiger partial charge in [0.2, 0.25) is 0 Å². The number of fused-ring (bicyclic) bond motifs is 3. The minimum atomic E-state index is 0.197. The van der Waals surface area contributed by atoms with Gasteiger partial charge in [0.25, 0.3) is 5.91 Å². The van der Waals surface area contributed by atoms with Crippen molar-refractivity contribution >= 4 is 17.2 Å². The zero-order valence-corrected chi connectivity index (χ0v) is 15.3. The van der Waals surface area contributed by atoms with Gasteiger partial charge in [0.05, 0.1) is 4.88 Å². The molecule has 1 saturated heterocycles. The molecule has 0 radical (unpaired) electrons. The Hall–Kier alpha value is -1.65. The summed E-state index contributed by atoms with van der Waals surface area (Å²) in [4.78, 5) is 18.2. The number of thiophene rings is 1. The Morgan fingerprint density at radius 1 is 1.17 bits per heavy atom. The zero-order valence-electron chi connectivity index (χ0n) is 14.5. The van der Waals surface area contributed by atoms with Gasteiger partial charge in [-0.15, -0.1) is 11.3 Å². The van der Waals surface area contributed by atoms with Crippen LogP contribution in [0.4, 0.5) is 0 Å². The van der Waals surface area contributed by atoms with Crippen LogP contribution in [0.3, 0.4) is 0 Å². The Bertz CT molecular complexity index is 740. The molecular weight excluding hydrogens is 316 g/mol. The molecule has 0 spiro atoms. The standard InChI is InChI=1S/C20H24N2OS/c1-13(2)21(3)19-15-8-5-4-7-14(15)16-11-22(12-17(16)19)20(23)18-9-6-10-24-18/h4-10,13,16-17,19H,11-12H2,1-3H3/t16-,17-,19-/m0/s1. The van der Waals surface area contributed by atoms with Crippen LogP contribution in [0.1, 0.15) is 46.6 Å². The summed E-state index contributed by atoms with van der Waals surface area (Å²) in [6.45, 7) is 6.21. The van der Waals surface area contributed by atoms with Gasteiger partial charge in [-0.3, -0.25) is 9.69 Å². The van der Waals surface area contributed by atoms with Gasteiger partial charge in [0.15, 0.2) is 0 Å². The number of carbonyl (C=O) groups is 1. The summed E-state index contributed by atoms with van der Waals surface area (Å²) in [5.41, 5.74) is 2.91. The van der Waals surface area contributed by atoms with Crippen LogP contribution in [0.5, 0.6) is 0 Å². The van der Waals surface area contributed by atoms with E-state index in [0.717, 1.165) is 18.0 Å². The molecule has 0 bridgehead atoms. The smallest absolute Gasteiger partial charge is 0.263 e. The maximum Gasteiger partial charge on any atom is 0.263 e. The van der Waals surface area contributed by atoms with E-state index in [-0.39, 0.29) is 5.91 Å². The van der Waals surface area contributed by atoms with Gasteiger partial charge in [-0.1, -0.05) is 30.3 Å². The first-order chi connectivity index (χ1) is 11.6. The van der Waals surface area contributed by atoms with Crippen molar-refractivity contribution in [2.45, 2.75) is 31.8 Å². The van der Waals surface area contributed by atoms with E-state index in [1.807, 2.05) is 17.5 Å². The first kappa shape index (κ1) is 15.9. The van der Waals surface area contributed by atoms with E-state index in [1.54, 1.807) is 11.3 Å². The Balaban J connectivity index is 1.66. The van der Waals surface area contributed by atoms with Gasteiger partial charge in [-0.2, -0.15) is 0 Å². The van der Waals surface area contributed by atoms with Crippen LogP contribution in [0, 0.1) is 5.92 Å². The number of nitrogens with zero attached hydrogens (tertiary/aromatic N) is 2. The van der Waals surface area contributed by atoms with Gasteiger partial charge >= 0.3 is 0 Å². The molecule has 2 heterocycles. The molecule has 0 unspecified atom stereocenters. The fourth-order valence-corrected chi connectivity index (χ4v) is 5.08. The number of benzene rings is 1. The highest BCUT2D eigenvalue weighted by Crippen LogP contribution is 2.51. The Morgan fingerprint density at radius 2 is 1.92 bits per heavy atom. The van der Waals surface area contributed by atoms with Crippen LogP contribution in [-0.4, -0.2) is 41.9 Å². The van der Waals surface area contributed by atoms with Crippen molar-refractivity contribution in [1.29, 1.82) is 0 Å². The molecule has 3 nitrogen and oxygen atoms in total. The molecule has 0 saturated carbocycles. The fraction of sp³-hybridized carbons (Fsp3) is 0.450. The molecule has 4 heteroatoms. The van der Waals surface area contributed by atoms with Crippen LogP contribution >= 0.6 is 11.3 Å². The molecule has 24 heavy (non-hydrogen) atoms. The number of likely N-dealkylation sites (tertiary alicyclic amines) is 1. The molecule has 0 N–H and O–H groups in total. The number of amides is 1. The molecule has 1 fully saturated rings. The summed E-state index contributed by atoms with van der Waals surface area (Å²) in [7, 11) is 2.22. The molecular formula is C20H24N2OS. The van der Waals surface area contributed by atoms with Crippen molar-refractivity contribution in [3.05, 3.63) is 57.8 Å². The minimum Gasteiger partial charge on any atom is -0.337 e. The predicted molar refractivity (Wildman–Crippen MR) is 98.5 cm³/mol. The van der Waals surface area contributed by atoms with Gasteiger partial charge in [0.1, 0.15) is 0 Å². The molecule has 1 amide bonds. The zero-order chi connectivity index (χ0) is 16.8. The van der Waals surface area contributed by atoms with E-state index in [2.05, 4.69) is 55.0 Å². The van der Waals surface area contributed by atoms with E-state index in [4.69, 9.17) is 0 Å². The van der Waals surface area contributed by atoms with Gasteiger partial charge in [0, 0.05) is 37.0 Å². The van der Waals surface area contributed by atoms with Gasteiger partial charge in [-0.25, -0.2) is 0 Å². The highest BCUT2D eigenvalue weighted by molar-refractivity contribution is 7.12. The maximum atomic E-state index is 12.8. The molecule has 2 aromatic rings. The van der Waals surface area contributed by atoms with Gasteiger partial charge in [-0.05, 0) is 43.5 Å². The number of hydrogen-bond acceptors (Lipinski definition) is 3. The summed E-state index contributed by atoms with van der Waals surface area (Å²) >= 11 is 1.54. The van der Waals surface area contributed by atoms with E-state index < -0.39 is 0 Å². The summed E-state index contributed by atoms with van der Waals surface area (Å²) in [5, 5.41) is 1.98. The normalized spacial score (nSPS) is 25.4. The van der Waals surface area contributed by atoms with Gasteiger partial charge < -0.3 is 4.90 Å². The van der Waals surface area contributed by atoms with Crippen molar-refractivity contribution in [1.82, 2.24) is 9.80 Å². The molecule has 1 aromatic heterocycles. The lowest BCUT2D eigenvalue weighted by Gasteiger charge is -2.33. The lowest BCUT2D eigenvalue weighted by Crippen LogP contribution is -2.36. The third kappa shape index (κ3) is 2.40. The summed E-state index contributed by atoms with van der Waals surface area (Å²) in [6.07, 6.45) is 0. The van der Waals surface area contributed by atoms with E-state index in [1.165, 1.54) is 11.1 Å². The Morgan fingerprint density at radius 3 is 2.58 bits per heavy atom. The molecule has 1 aromatic carbocycles. The summed E-state index contributed by atoms with van der Waals surface area (Å²) in [6, 6.07) is 13.6. The average molecular weight is 340 g/mol. The molecule has 126 valence electrons. The van der Waals surface area contributed by atoms with Crippen molar-refractivity contribution in [3.63, 3.8) is 0 Å². The highest BCUT2D eigenvalue weighted by atomic mass is 32.1. The Kier molecular flexibility index (Phi) is 3.97. The van der Waals surface area contributed by atoms with Crippen molar-refractivity contribution in [3.8, 4) is 0 Å². The number of hydrogen-bond donors (Lipinski definition) is 0. The minimum absolute atomic E-state index is 0.197. The quantitative estimate of drug-likeness (QED) is 0.843. The average Bonchev–Trinajstić information content (AvgIpc) is 3.29. The fourth-order valence-electron chi connectivity index (χ4n) is 4.39. The number of carbonyl (C=O) groups excluding carboxylic acids is 1. The third-order valence-corrected chi connectivity index (χ3v) is 6.62. The van der Waals surface area contributed by atoms with Crippen LogP contribution in [0.15, 0.2) is 41.8 Å². The van der Waals surface area contributed by atoms with E-state index in [0.29, 0.717) is 23.9 Å². The largest absolute Gasteiger partial charge is 0.337 e. The lowest BCUT2D eigenvalue weighted by molar-refractivity contribution is 0.0773. The SMILES string of the molecule is CC(C)N(C)[C@H]1c2ccccc2[C@@H]2CN(C(=O)c3cccs3)C[C@@H]21. The van der Waals surface area contributed by atoms with Crippen molar-refractivity contribution in [2.24, 2.45) is 5.92 Å². The summed E-state index contributed by atoms with van der Waals surface area (Å²) < 4.78 is 0. The molecule has 1 aliphatic heterocycles. The van der Waals surface area contributed by atoms with Crippen LogP contribution in [-0.2, 0) is 0 Å².